The molecule has 0 aliphatic heterocycles. The Bertz CT molecular complexity index is 1320. The van der Waals surface area contributed by atoms with E-state index in [-0.39, 0.29) is 11.1 Å². The van der Waals surface area contributed by atoms with E-state index in [2.05, 4.69) is 0 Å². The first-order chi connectivity index (χ1) is 17.8. The molecule has 0 fully saturated rings. The first kappa shape index (κ1) is 29.0. The summed E-state index contributed by atoms with van der Waals surface area (Å²) in [6.07, 6.45) is 0. The highest BCUT2D eigenvalue weighted by Crippen LogP contribution is 2.46. The van der Waals surface area contributed by atoms with Gasteiger partial charge >= 0.3 is 0 Å². The smallest absolute Gasteiger partial charge is 0.258 e. The maximum Gasteiger partial charge on any atom is 0.281 e. The molecule has 0 aromatic heterocycles. The molecule has 38 heavy (non-hydrogen) atoms. The van der Waals surface area contributed by atoms with Crippen molar-refractivity contribution >= 4 is 69.2 Å². The fraction of sp³-hybridized carbons (Fsp3) is 0.182. The summed E-state index contributed by atoms with van der Waals surface area (Å²) in [5, 5.41) is 40.6. The Labute approximate surface area is 233 Å². The summed E-state index contributed by atoms with van der Waals surface area (Å²) in [5.41, 5.74) is -1.25. The zero-order valence-electron chi connectivity index (χ0n) is 18.6. The van der Waals surface area contributed by atoms with Gasteiger partial charge < -0.3 is 0 Å². The van der Waals surface area contributed by atoms with Crippen LogP contribution in [0.2, 0.25) is 0 Å². The molecule has 0 aliphatic rings. The van der Waals surface area contributed by atoms with E-state index >= 15 is 0 Å². The zero-order valence-corrected chi connectivity index (χ0v) is 21.7. The zero-order chi connectivity index (χ0) is 28.3. The van der Waals surface area contributed by atoms with Crippen molar-refractivity contribution in [2.45, 2.75) is 21.5 Å². The summed E-state index contributed by atoms with van der Waals surface area (Å²) in [6.45, 7) is 0. The van der Waals surface area contributed by atoms with Crippen LogP contribution in [-0.4, -0.2) is 19.7 Å². The highest BCUT2D eigenvalue weighted by Gasteiger charge is 2.32. The summed E-state index contributed by atoms with van der Waals surface area (Å²) >= 11 is 25.8. The number of nitrogens with zero attached hydrogens (tertiary/aromatic N) is 4. The van der Waals surface area contributed by atoms with E-state index in [1.807, 2.05) is 0 Å². The number of nitro groups is 4. The van der Waals surface area contributed by atoms with Crippen LogP contribution in [0.1, 0.15) is 43.8 Å². The van der Waals surface area contributed by atoms with E-state index in [4.69, 9.17) is 46.4 Å². The average molecular weight is 604 g/mol. The summed E-state index contributed by atoms with van der Waals surface area (Å²) in [4.78, 5) is 41.7. The highest BCUT2D eigenvalue weighted by atomic mass is 35.5. The number of halogens is 4. The molecule has 16 heteroatoms. The lowest BCUT2D eigenvalue weighted by Crippen LogP contribution is -2.06. The maximum absolute atomic E-state index is 11.5. The molecule has 3 aromatic rings. The standard InChI is InChI=1S/C22H14Cl4N4O8/c23-19(21(25)15-7-5-13(27(31)32)9-17(15)29(35)36)11-1-2-12(4-3-11)20(24)22(26)16-8-6-14(28(33)34)10-18(16)30(37)38/h1-10,19-22H/t19-,20+,21+,22-. The Hall–Kier alpha value is -3.58. The van der Waals surface area contributed by atoms with Crippen molar-refractivity contribution in [3.63, 3.8) is 0 Å². The molecule has 0 amide bonds. The quantitative estimate of drug-likeness (QED) is 0.128. The molecule has 3 aromatic carbocycles. The van der Waals surface area contributed by atoms with E-state index in [1.165, 1.54) is 36.4 Å². The Balaban J connectivity index is 1.86. The molecular weight excluding hydrogens is 590 g/mol. The summed E-state index contributed by atoms with van der Waals surface area (Å²) in [5.74, 6) is 0. The molecule has 198 valence electrons. The van der Waals surface area contributed by atoms with Gasteiger partial charge in [-0.2, -0.15) is 0 Å². The number of non-ortho nitro benzene ring substituents is 2. The van der Waals surface area contributed by atoms with Gasteiger partial charge in [0.1, 0.15) is 0 Å². The minimum Gasteiger partial charge on any atom is -0.258 e. The van der Waals surface area contributed by atoms with E-state index < -0.39 is 64.0 Å². The van der Waals surface area contributed by atoms with Gasteiger partial charge in [0.15, 0.2) is 0 Å². The monoisotopic (exact) mass is 602 g/mol. The molecule has 0 radical (unpaired) electrons. The fourth-order valence-corrected chi connectivity index (χ4v) is 4.81. The van der Waals surface area contributed by atoms with Crippen molar-refractivity contribution in [2.75, 3.05) is 0 Å². The van der Waals surface area contributed by atoms with Crippen LogP contribution in [0.4, 0.5) is 22.7 Å². The van der Waals surface area contributed by atoms with Gasteiger partial charge in [-0.25, -0.2) is 0 Å². The molecule has 4 atom stereocenters. The Morgan fingerprint density at radius 3 is 1.05 bits per heavy atom. The van der Waals surface area contributed by atoms with Crippen LogP contribution >= 0.6 is 46.4 Å². The van der Waals surface area contributed by atoms with Gasteiger partial charge in [0.05, 0.1) is 64.5 Å². The normalized spacial score (nSPS) is 14.2. The molecule has 3 rings (SSSR count). The van der Waals surface area contributed by atoms with Crippen molar-refractivity contribution in [3.05, 3.63) is 123 Å². The minimum absolute atomic E-state index is 0.0205. The van der Waals surface area contributed by atoms with Crippen LogP contribution < -0.4 is 0 Å². The molecule has 0 heterocycles. The fourth-order valence-electron chi connectivity index (χ4n) is 3.59. The predicted molar refractivity (Wildman–Crippen MR) is 140 cm³/mol. The van der Waals surface area contributed by atoms with Gasteiger partial charge in [0.2, 0.25) is 0 Å². The van der Waals surface area contributed by atoms with Crippen LogP contribution in [0.15, 0.2) is 60.7 Å². The van der Waals surface area contributed by atoms with Gasteiger partial charge in [-0.1, -0.05) is 24.3 Å². The summed E-state index contributed by atoms with van der Waals surface area (Å²) < 4.78 is 0. The second-order valence-corrected chi connectivity index (χ2v) is 9.67. The van der Waals surface area contributed by atoms with E-state index in [0.717, 1.165) is 24.3 Å². The van der Waals surface area contributed by atoms with Gasteiger partial charge in [0, 0.05) is 12.1 Å². The van der Waals surface area contributed by atoms with E-state index in [9.17, 15) is 40.5 Å². The molecule has 0 N–H and O–H groups in total. The highest BCUT2D eigenvalue weighted by molar-refractivity contribution is 6.31. The molecular formula is C22H14Cl4N4O8. The second kappa shape index (κ2) is 11.9. The molecule has 12 nitrogen and oxygen atoms in total. The molecule has 0 bridgehead atoms. The topological polar surface area (TPSA) is 173 Å². The lowest BCUT2D eigenvalue weighted by atomic mass is 9.97. The third kappa shape index (κ3) is 6.10. The van der Waals surface area contributed by atoms with Crippen LogP contribution in [0.25, 0.3) is 0 Å². The SMILES string of the molecule is O=[N+]([O-])c1ccc([C@@H](Cl)[C@@H](Cl)c2ccc([C@@H](Cl)[C@@H](Cl)c3ccc([N+](=O)[O-])cc3[N+](=O)[O-])cc2)c([N+](=O)[O-])c1. The van der Waals surface area contributed by atoms with Gasteiger partial charge in [0.25, 0.3) is 22.7 Å². The summed E-state index contributed by atoms with van der Waals surface area (Å²) in [7, 11) is 0. The second-order valence-electron chi connectivity index (χ2n) is 7.79. The third-order valence-electron chi connectivity index (χ3n) is 5.52. The predicted octanol–water partition coefficient (Wildman–Crippen LogP) is 7.84. The van der Waals surface area contributed by atoms with Crippen molar-refractivity contribution in [2.24, 2.45) is 0 Å². The lowest BCUT2D eigenvalue weighted by molar-refractivity contribution is -0.394. The minimum atomic E-state index is -1.14. The van der Waals surface area contributed by atoms with E-state index in [1.54, 1.807) is 0 Å². The Morgan fingerprint density at radius 2 is 0.789 bits per heavy atom. The first-order valence-corrected chi connectivity index (χ1v) is 12.1. The van der Waals surface area contributed by atoms with Crippen LogP contribution in [-0.2, 0) is 0 Å². The van der Waals surface area contributed by atoms with E-state index in [0.29, 0.717) is 11.1 Å². The summed E-state index contributed by atoms with van der Waals surface area (Å²) in [6, 6.07) is 12.2. The number of benzene rings is 3. The number of hydrogen-bond donors (Lipinski definition) is 0. The van der Waals surface area contributed by atoms with Crippen molar-refractivity contribution < 1.29 is 19.7 Å². The van der Waals surface area contributed by atoms with Crippen LogP contribution in [0.3, 0.4) is 0 Å². The maximum atomic E-state index is 11.5. The van der Waals surface area contributed by atoms with Crippen LogP contribution in [0, 0.1) is 40.5 Å². The first-order valence-electron chi connectivity index (χ1n) is 10.3. The Morgan fingerprint density at radius 1 is 0.474 bits per heavy atom. The van der Waals surface area contributed by atoms with Crippen molar-refractivity contribution in [1.29, 1.82) is 0 Å². The number of alkyl halides is 4. The number of hydrogen-bond acceptors (Lipinski definition) is 8. The van der Waals surface area contributed by atoms with Crippen molar-refractivity contribution in [3.8, 4) is 0 Å². The Kier molecular flexibility index (Phi) is 9.05. The van der Waals surface area contributed by atoms with Crippen LogP contribution in [0.5, 0.6) is 0 Å². The number of nitro benzene ring substituents is 4. The van der Waals surface area contributed by atoms with Gasteiger partial charge in [-0.15, -0.1) is 46.4 Å². The molecule has 0 saturated heterocycles. The van der Waals surface area contributed by atoms with Gasteiger partial charge in [-0.3, -0.25) is 40.5 Å². The largest absolute Gasteiger partial charge is 0.281 e. The lowest BCUT2D eigenvalue weighted by Gasteiger charge is -2.20. The molecule has 0 aliphatic carbocycles. The van der Waals surface area contributed by atoms with Crippen molar-refractivity contribution in [1.82, 2.24) is 0 Å². The third-order valence-corrected chi connectivity index (χ3v) is 7.76. The number of rotatable bonds is 10. The average Bonchev–Trinajstić information content (AvgIpc) is 2.90. The molecule has 0 spiro atoms. The molecule has 0 unspecified atom stereocenters. The van der Waals surface area contributed by atoms with Gasteiger partial charge in [-0.05, 0) is 23.3 Å². The molecule has 0 saturated carbocycles.